The number of carboxylic acids is 3. The average molecular weight is 503 g/mol. The summed E-state index contributed by atoms with van der Waals surface area (Å²) in [5.41, 5.74) is -2.36. The van der Waals surface area contributed by atoms with Crippen molar-refractivity contribution in [2.24, 2.45) is 0 Å². The number of benzene rings is 3. The van der Waals surface area contributed by atoms with E-state index in [1.807, 2.05) is 0 Å². The van der Waals surface area contributed by atoms with Crippen LogP contribution in [0.4, 0.5) is 0 Å². The lowest BCUT2D eigenvalue weighted by Crippen LogP contribution is -2.12. The quantitative estimate of drug-likeness (QED) is 0.281. The lowest BCUT2D eigenvalue weighted by atomic mass is 9.87. The van der Waals surface area contributed by atoms with Gasteiger partial charge >= 0.3 is 17.9 Å². The summed E-state index contributed by atoms with van der Waals surface area (Å²) in [5.74, 6) is -5.28. The summed E-state index contributed by atoms with van der Waals surface area (Å²) < 4.78 is 5.74. The Labute approximate surface area is 199 Å². The molecule has 4 rings (SSSR count). The maximum Gasteiger partial charge on any atom is 0.336 e. The number of carbonyl (C=O) groups is 3. The molecular formula is C23H12Cl2O9. The molecule has 0 atom stereocenters. The van der Waals surface area contributed by atoms with E-state index in [9.17, 15) is 39.6 Å². The smallest absolute Gasteiger partial charge is 0.336 e. The lowest BCUT2D eigenvalue weighted by molar-refractivity contribution is 0.0649. The number of phenols is 1. The zero-order chi connectivity index (χ0) is 25.1. The highest BCUT2D eigenvalue weighted by Gasteiger charge is 2.29. The molecule has 1 aliphatic carbocycles. The Balaban J connectivity index is 2.33. The molecule has 4 N–H and O–H groups in total. The molecule has 0 saturated heterocycles. The van der Waals surface area contributed by atoms with Crippen molar-refractivity contribution in [2.75, 3.05) is 0 Å². The third-order valence-electron chi connectivity index (χ3n) is 5.31. The fraction of sp³-hybridized carbons (Fsp3) is 0.0435. The van der Waals surface area contributed by atoms with Crippen LogP contribution in [-0.2, 0) is 0 Å². The minimum atomic E-state index is -1.63. The van der Waals surface area contributed by atoms with E-state index >= 15 is 0 Å². The van der Waals surface area contributed by atoms with Crippen LogP contribution in [0.2, 0.25) is 10.0 Å². The molecule has 2 aromatic rings. The third kappa shape index (κ3) is 3.42. The minimum absolute atomic E-state index is 0.0694. The molecule has 0 unspecified atom stereocenters. The van der Waals surface area contributed by atoms with Crippen molar-refractivity contribution in [3.63, 3.8) is 0 Å². The van der Waals surface area contributed by atoms with Gasteiger partial charge in [0.1, 0.15) is 15.8 Å². The van der Waals surface area contributed by atoms with Crippen LogP contribution in [0.5, 0.6) is 5.75 Å². The number of hydrogen-bond acceptors (Lipinski definition) is 6. The molecule has 0 radical (unpaired) electrons. The monoisotopic (exact) mass is 502 g/mol. The Morgan fingerprint density at radius 2 is 1.41 bits per heavy atom. The van der Waals surface area contributed by atoms with Gasteiger partial charge in [-0.3, -0.25) is 4.79 Å². The third-order valence-corrected chi connectivity index (χ3v) is 6.02. The highest BCUT2D eigenvalue weighted by Crippen LogP contribution is 2.47. The van der Waals surface area contributed by atoms with E-state index in [0.29, 0.717) is 0 Å². The van der Waals surface area contributed by atoms with Gasteiger partial charge in [0.05, 0.1) is 16.7 Å². The van der Waals surface area contributed by atoms with E-state index in [0.717, 1.165) is 18.2 Å². The highest BCUT2D eigenvalue weighted by molar-refractivity contribution is 6.37. The van der Waals surface area contributed by atoms with Gasteiger partial charge < -0.3 is 24.8 Å². The van der Waals surface area contributed by atoms with Gasteiger partial charge in [0, 0.05) is 16.5 Å². The van der Waals surface area contributed by atoms with Gasteiger partial charge in [-0.25, -0.2) is 14.4 Å². The van der Waals surface area contributed by atoms with Crippen molar-refractivity contribution in [3.05, 3.63) is 72.9 Å². The first-order valence-corrected chi connectivity index (χ1v) is 10.1. The van der Waals surface area contributed by atoms with Crippen LogP contribution in [-0.4, -0.2) is 38.3 Å². The summed E-state index contributed by atoms with van der Waals surface area (Å²) in [6, 6.07) is 5.52. The predicted molar refractivity (Wildman–Crippen MR) is 122 cm³/mol. The number of hydrogen-bond donors (Lipinski definition) is 4. The van der Waals surface area contributed by atoms with Crippen molar-refractivity contribution < 1.29 is 39.2 Å². The van der Waals surface area contributed by atoms with Gasteiger partial charge in [-0.2, -0.15) is 0 Å². The van der Waals surface area contributed by atoms with Crippen LogP contribution in [0.25, 0.3) is 33.4 Å². The molecule has 9 nitrogen and oxygen atoms in total. The number of halogens is 2. The zero-order valence-corrected chi connectivity index (χ0v) is 18.5. The van der Waals surface area contributed by atoms with Crippen molar-refractivity contribution >= 4 is 52.1 Å². The van der Waals surface area contributed by atoms with Gasteiger partial charge in [0.15, 0.2) is 11.3 Å². The summed E-state index contributed by atoms with van der Waals surface area (Å²) in [6.45, 7) is 1.52. The summed E-state index contributed by atoms with van der Waals surface area (Å²) in [6.07, 6.45) is 0. The van der Waals surface area contributed by atoms with Gasteiger partial charge in [0.25, 0.3) is 0 Å². The number of aromatic hydroxyl groups is 1. The van der Waals surface area contributed by atoms with Gasteiger partial charge in [0.2, 0.25) is 5.43 Å². The largest absolute Gasteiger partial charge is 0.506 e. The lowest BCUT2D eigenvalue weighted by Gasteiger charge is -2.19. The highest BCUT2D eigenvalue weighted by atomic mass is 35.5. The first kappa shape index (κ1) is 23.1. The van der Waals surface area contributed by atoms with Crippen LogP contribution >= 0.6 is 23.2 Å². The first-order valence-electron chi connectivity index (χ1n) is 9.39. The van der Waals surface area contributed by atoms with E-state index in [2.05, 4.69) is 0 Å². The second kappa shape index (κ2) is 8.05. The summed E-state index contributed by atoms with van der Waals surface area (Å²) in [7, 11) is 0. The second-order valence-electron chi connectivity index (χ2n) is 7.32. The first-order chi connectivity index (χ1) is 15.9. The molecule has 0 spiro atoms. The van der Waals surface area contributed by atoms with Crippen LogP contribution < -0.4 is 5.43 Å². The number of carboxylic acid groups (broad SMARTS) is 3. The molecule has 0 fully saturated rings. The van der Waals surface area contributed by atoms with Crippen LogP contribution in [0, 0.1) is 6.92 Å². The number of rotatable bonds is 4. The Bertz CT molecular complexity index is 1600. The fourth-order valence-corrected chi connectivity index (χ4v) is 4.24. The van der Waals surface area contributed by atoms with E-state index in [1.165, 1.54) is 19.1 Å². The second-order valence-corrected chi connectivity index (χ2v) is 8.08. The molecule has 1 heterocycles. The Hall–Kier alpha value is -4.08. The molecule has 0 saturated carbocycles. The Morgan fingerprint density at radius 1 is 0.824 bits per heavy atom. The van der Waals surface area contributed by atoms with Gasteiger partial charge in [-0.1, -0.05) is 23.2 Å². The molecule has 2 aliphatic rings. The molecule has 1 aliphatic heterocycles. The summed E-state index contributed by atoms with van der Waals surface area (Å²) in [4.78, 5) is 47.7. The van der Waals surface area contributed by atoms with Crippen LogP contribution in [0.3, 0.4) is 0 Å². The molecule has 2 aromatic carbocycles. The van der Waals surface area contributed by atoms with E-state index in [1.54, 1.807) is 0 Å². The molecule has 0 aromatic heterocycles. The zero-order valence-electron chi connectivity index (χ0n) is 17.0. The fourth-order valence-electron chi connectivity index (χ4n) is 3.74. The van der Waals surface area contributed by atoms with Crippen LogP contribution in [0.1, 0.15) is 36.6 Å². The van der Waals surface area contributed by atoms with Gasteiger partial charge in [-0.05, 0) is 48.4 Å². The average Bonchev–Trinajstić information content (AvgIpc) is 2.78. The summed E-state index contributed by atoms with van der Waals surface area (Å²) >= 11 is 12.4. The Morgan fingerprint density at radius 3 is 2.00 bits per heavy atom. The van der Waals surface area contributed by atoms with Gasteiger partial charge in [-0.15, -0.1) is 0 Å². The van der Waals surface area contributed by atoms with E-state index in [-0.39, 0.29) is 54.8 Å². The van der Waals surface area contributed by atoms with Crippen LogP contribution in [0.15, 0.2) is 39.5 Å². The Kier molecular flexibility index (Phi) is 5.47. The molecule has 0 amide bonds. The molecule has 11 heteroatoms. The SMILES string of the molecule is Cc1cc2c(-c3cc(C(=O)O)c(C(=O)O)cc3C(=O)O)c3ccc(=O)c(Cl)c-3oc2c(Cl)c1O. The predicted octanol–water partition coefficient (Wildman–Crippen LogP) is 4.98. The van der Waals surface area contributed by atoms with Crippen molar-refractivity contribution in [1.82, 2.24) is 0 Å². The standard InChI is InChI=1S/C23H12Cl2O9/c1-7-4-13-15(9-5-11(22(30)31)12(23(32)33)6-10(9)21(28)29)8-2-3-14(26)16(24)19(8)34-20(13)17(25)18(7)27/h2-6,27H,1H3,(H,28,29)(H,30,31)(H,32,33). The molecular weight excluding hydrogens is 491 g/mol. The maximum absolute atomic E-state index is 12.1. The molecule has 34 heavy (non-hydrogen) atoms. The van der Waals surface area contributed by atoms with Crippen molar-refractivity contribution in [1.29, 1.82) is 0 Å². The topological polar surface area (TPSA) is 162 Å². The summed E-state index contributed by atoms with van der Waals surface area (Å²) in [5, 5.41) is 38.7. The van der Waals surface area contributed by atoms with Crippen molar-refractivity contribution in [3.8, 4) is 28.2 Å². The van der Waals surface area contributed by atoms with E-state index in [4.69, 9.17) is 27.6 Å². The minimum Gasteiger partial charge on any atom is -0.506 e. The number of aryl methyl sites for hydroxylation is 1. The normalized spacial score (nSPS) is 11.1. The number of aromatic carboxylic acids is 3. The maximum atomic E-state index is 12.1. The number of fused-ring (bicyclic) bond motifs is 2. The van der Waals surface area contributed by atoms with E-state index < -0.39 is 40.0 Å². The van der Waals surface area contributed by atoms with Crippen molar-refractivity contribution in [2.45, 2.75) is 6.92 Å². The number of phenolic OH excluding ortho intramolecular Hbond substituents is 1. The molecule has 0 bridgehead atoms. The molecule has 172 valence electrons.